The van der Waals surface area contributed by atoms with Crippen LogP contribution < -0.4 is 0 Å². The highest BCUT2D eigenvalue weighted by Crippen LogP contribution is 2.22. The highest BCUT2D eigenvalue weighted by molar-refractivity contribution is 7.89. The van der Waals surface area contributed by atoms with E-state index >= 15 is 0 Å². The molecule has 3 rings (SSSR count). The lowest BCUT2D eigenvalue weighted by molar-refractivity contribution is 0.0627. The maximum atomic E-state index is 14.0. The minimum atomic E-state index is -3.55. The molecule has 6 nitrogen and oxygen atoms in total. The summed E-state index contributed by atoms with van der Waals surface area (Å²) in [6.07, 6.45) is 0. The second-order valence-electron chi connectivity index (χ2n) is 7.38. The molecule has 0 radical (unpaired) electrons. The molecule has 1 aliphatic heterocycles. The van der Waals surface area contributed by atoms with Crippen molar-refractivity contribution in [1.82, 2.24) is 14.1 Å². The molecule has 31 heavy (non-hydrogen) atoms. The zero-order chi connectivity index (χ0) is 22.6. The van der Waals surface area contributed by atoms with Crippen molar-refractivity contribution in [3.63, 3.8) is 0 Å². The van der Waals surface area contributed by atoms with E-state index in [1.807, 2.05) is 0 Å². The Hall–Kier alpha value is -2.00. The van der Waals surface area contributed by atoms with Crippen LogP contribution >= 0.6 is 11.6 Å². The van der Waals surface area contributed by atoms with Crippen molar-refractivity contribution in [1.29, 1.82) is 0 Å². The second-order valence-corrected chi connectivity index (χ2v) is 9.73. The van der Waals surface area contributed by atoms with Gasteiger partial charge >= 0.3 is 0 Å². The van der Waals surface area contributed by atoms with Crippen LogP contribution in [0.25, 0.3) is 0 Å². The number of nitrogens with zero attached hydrogens (tertiary/aromatic N) is 3. The number of rotatable bonds is 7. The molecule has 2 aromatic rings. The van der Waals surface area contributed by atoms with Gasteiger partial charge in [0.1, 0.15) is 5.82 Å². The van der Waals surface area contributed by atoms with Crippen LogP contribution in [0, 0.1) is 5.82 Å². The first kappa shape index (κ1) is 23.7. The molecular formula is C22H27ClFN3O3S. The van der Waals surface area contributed by atoms with Crippen molar-refractivity contribution in [3.8, 4) is 0 Å². The summed E-state index contributed by atoms with van der Waals surface area (Å²) in [7, 11) is -3.55. The molecule has 0 saturated carbocycles. The van der Waals surface area contributed by atoms with Crippen molar-refractivity contribution in [3.05, 3.63) is 64.4 Å². The average Bonchev–Trinajstić information content (AvgIpc) is 2.77. The predicted molar refractivity (Wildman–Crippen MR) is 119 cm³/mol. The van der Waals surface area contributed by atoms with Gasteiger partial charge in [-0.25, -0.2) is 12.8 Å². The fourth-order valence-corrected chi connectivity index (χ4v) is 5.36. The van der Waals surface area contributed by atoms with Gasteiger partial charge in [0, 0.05) is 62.0 Å². The Labute approximate surface area is 188 Å². The zero-order valence-corrected chi connectivity index (χ0v) is 19.3. The zero-order valence-electron chi connectivity index (χ0n) is 17.7. The number of carbonyl (C=O) groups is 1. The smallest absolute Gasteiger partial charge is 0.253 e. The normalized spacial score (nSPS) is 15.5. The number of carbonyl (C=O) groups excluding carboxylic acids is 1. The van der Waals surface area contributed by atoms with E-state index in [4.69, 9.17) is 11.6 Å². The standard InChI is InChI=1S/C22H27ClFN3O3S/c1-3-27(4-2)31(29,30)18-10-8-17(9-11-18)22(28)26-14-12-25(13-15-26)16-19-20(23)6-5-7-21(19)24/h5-11H,3-4,12-16H2,1-2H3. The summed E-state index contributed by atoms with van der Waals surface area (Å²) in [6, 6.07) is 10.7. The lowest BCUT2D eigenvalue weighted by Gasteiger charge is -2.35. The van der Waals surface area contributed by atoms with Gasteiger partial charge < -0.3 is 4.90 Å². The SMILES string of the molecule is CCN(CC)S(=O)(=O)c1ccc(C(=O)N2CCN(Cc3c(F)cccc3Cl)CC2)cc1. The first-order chi connectivity index (χ1) is 14.8. The summed E-state index contributed by atoms with van der Waals surface area (Å²) >= 11 is 6.11. The molecule has 0 aliphatic carbocycles. The van der Waals surface area contributed by atoms with Crippen LogP contribution in [0.5, 0.6) is 0 Å². The molecule has 0 spiro atoms. The molecular weight excluding hydrogens is 441 g/mol. The lowest BCUT2D eigenvalue weighted by Crippen LogP contribution is -2.48. The molecule has 2 aromatic carbocycles. The van der Waals surface area contributed by atoms with E-state index in [9.17, 15) is 17.6 Å². The molecule has 0 atom stereocenters. The summed E-state index contributed by atoms with van der Waals surface area (Å²) in [5.74, 6) is -0.471. The molecule has 1 amide bonds. The largest absolute Gasteiger partial charge is 0.336 e. The summed E-state index contributed by atoms with van der Waals surface area (Å²) < 4.78 is 40.6. The summed E-state index contributed by atoms with van der Waals surface area (Å²) in [5.41, 5.74) is 0.915. The molecule has 0 bridgehead atoms. The molecule has 168 valence electrons. The van der Waals surface area contributed by atoms with Crippen molar-refractivity contribution >= 4 is 27.5 Å². The van der Waals surface area contributed by atoms with Crippen LogP contribution in [0.1, 0.15) is 29.8 Å². The molecule has 1 heterocycles. The third-order valence-electron chi connectivity index (χ3n) is 5.55. The van der Waals surface area contributed by atoms with E-state index in [1.165, 1.54) is 22.5 Å². The van der Waals surface area contributed by atoms with Gasteiger partial charge in [0.2, 0.25) is 10.0 Å². The van der Waals surface area contributed by atoms with Crippen LogP contribution in [-0.4, -0.2) is 67.7 Å². The van der Waals surface area contributed by atoms with Crippen LogP contribution in [0.2, 0.25) is 5.02 Å². The van der Waals surface area contributed by atoms with Crippen molar-refractivity contribution in [2.24, 2.45) is 0 Å². The van der Waals surface area contributed by atoms with Crippen molar-refractivity contribution in [2.45, 2.75) is 25.3 Å². The van der Waals surface area contributed by atoms with E-state index in [1.54, 1.807) is 43.0 Å². The van der Waals surface area contributed by atoms with Crippen molar-refractivity contribution in [2.75, 3.05) is 39.3 Å². The van der Waals surface area contributed by atoms with E-state index < -0.39 is 10.0 Å². The highest BCUT2D eigenvalue weighted by Gasteiger charge is 2.25. The molecule has 1 fully saturated rings. The van der Waals surface area contributed by atoms with E-state index in [2.05, 4.69) is 4.90 Å². The first-order valence-electron chi connectivity index (χ1n) is 10.3. The maximum Gasteiger partial charge on any atom is 0.253 e. The summed E-state index contributed by atoms with van der Waals surface area (Å²) in [5, 5.41) is 0.401. The van der Waals surface area contributed by atoms with E-state index in [0.29, 0.717) is 62.0 Å². The highest BCUT2D eigenvalue weighted by atomic mass is 35.5. The van der Waals surface area contributed by atoms with Gasteiger partial charge in [-0.1, -0.05) is 31.5 Å². The third kappa shape index (κ3) is 5.26. The molecule has 1 aliphatic rings. The predicted octanol–water partition coefficient (Wildman–Crippen LogP) is 3.47. The first-order valence-corrected chi connectivity index (χ1v) is 12.1. The number of amides is 1. The summed E-state index contributed by atoms with van der Waals surface area (Å²) in [6.45, 7) is 6.97. The van der Waals surface area contributed by atoms with Gasteiger partial charge in [0.15, 0.2) is 0 Å². The van der Waals surface area contributed by atoms with Crippen LogP contribution in [-0.2, 0) is 16.6 Å². The van der Waals surface area contributed by atoms with Crippen LogP contribution in [0.3, 0.4) is 0 Å². The fraction of sp³-hybridized carbons (Fsp3) is 0.409. The Kier molecular flexibility index (Phi) is 7.69. The topological polar surface area (TPSA) is 60.9 Å². The molecule has 1 saturated heterocycles. The summed E-state index contributed by atoms with van der Waals surface area (Å²) in [4.78, 5) is 16.8. The van der Waals surface area contributed by atoms with Gasteiger partial charge in [0.25, 0.3) is 5.91 Å². The molecule has 0 aromatic heterocycles. The van der Waals surface area contributed by atoms with Gasteiger partial charge in [0.05, 0.1) is 4.90 Å². The Morgan fingerprint density at radius 1 is 1.03 bits per heavy atom. The van der Waals surface area contributed by atoms with Gasteiger partial charge in [-0.3, -0.25) is 9.69 Å². The van der Waals surface area contributed by atoms with Crippen LogP contribution in [0.15, 0.2) is 47.4 Å². The van der Waals surface area contributed by atoms with Crippen LogP contribution in [0.4, 0.5) is 4.39 Å². The van der Waals surface area contributed by atoms with Gasteiger partial charge in [-0.15, -0.1) is 0 Å². The lowest BCUT2D eigenvalue weighted by atomic mass is 10.1. The number of sulfonamides is 1. The Balaban J connectivity index is 1.62. The Bertz CT molecular complexity index is 999. The monoisotopic (exact) mass is 467 g/mol. The second kappa shape index (κ2) is 10.1. The third-order valence-corrected chi connectivity index (χ3v) is 7.97. The molecule has 9 heteroatoms. The number of benzene rings is 2. The van der Waals surface area contributed by atoms with E-state index in [0.717, 1.165) is 0 Å². The fourth-order valence-electron chi connectivity index (χ4n) is 3.68. The number of hydrogen-bond donors (Lipinski definition) is 0. The Morgan fingerprint density at radius 2 is 1.65 bits per heavy atom. The van der Waals surface area contributed by atoms with Gasteiger partial charge in [-0.2, -0.15) is 4.31 Å². The van der Waals surface area contributed by atoms with Crippen molar-refractivity contribution < 1.29 is 17.6 Å². The maximum absolute atomic E-state index is 14.0. The minimum absolute atomic E-state index is 0.143. The quantitative estimate of drug-likeness (QED) is 0.625. The molecule has 0 unspecified atom stereocenters. The Morgan fingerprint density at radius 3 is 2.19 bits per heavy atom. The number of halogens is 2. The number of piperazine rings is 1. The minimum Gasteiger partial charge on any atom is -0.336 e. The molecule has 0 N–H and O–H groups in total. The van der Waals surface area contributed by atoms with E-state index in [-0.39, 0.29) is 16.6 Å². The van der Waals surface area contributed by atoms with Gasteiger partial charge in [-0.05, 0) is 36.4 Å². The average molecular weight is 468 g/mol. The number of hydrogen-bond acceptors (Lipinski definition) is 4.